The highest BCUT2D eigenvalue weighted by molar-refractivity contribution is 4.87. The van der Waals surface area contributed by atoms with Crippen LogP contribution in [-0.2, 0) is 4.74 Å². The van der Waals surface area contributed by atoms with Crippen molar-refractivity contribution in [3.05, 3.63) is 0 Å². The van der Waals surface area contributed by atoms with Gasteiger partial charge in [-0.15, -0.1) is 12.3 Å². The zero-order valence-corrected chi connectivity index (χ0v) is 12.1. The van der Waals surface area contributed by atoms with Crippen LogP contribution in [-0.4, -0.2) is 49.3 Å². The average molecular weight is 252 g/mol. The topological polar surface area (TPSA) is 24.5 Å². The van der Waals surface area contributed by atoms with E-state index in [0.29, 0.717) is 18.2 Å². The molecule has 1 saturated heterocycles. The molecule has 3 nitrogen and oxygen atoms in total. The molecule has 1 N–H and O–H groups in total. The molecule has 0 saturated carbocycles. The van der Waals surface area contributed by atoms with Crippen LogP contribution in [0.1, 0.15) is 40.0 Å². The summed E-state index contributed by atoms with van der Waals surface area (Å²) >= 11 is 0. The van der Waals surface area contributed by atoms with Gasteiger partial charge in [-0.1, -0.05) is 6.92 Å². The van der Waals surface area contributed by atoms with Gasteiger partial charge < -0.3 is 10.1 Å². The molecule has 0 bridgehead atoms. The molecular formula is C15H28N2O. The van der Waals surface area contributed by atoms with Crippen LogP contribution < -0.4 is 5.32 Å². The number of hydrogen-bond acceptors (Lipinski definition) is 3. The standard InChI is InChI=1S/C15H28N2O/c1-5-7-8-9-14(16-6-2)15-12-17(13(3)4)10-11-18-15/h1,13-16H,6-12H2,2-4H3. The van der Waals surface area contributed by atoms with Crippen LogP contribution >= 0.6 is 0 Å². The maximum Gasteiger partial charge on any atom is 0.0855 e. The highest BCUT2D eigenvalue weighted by atomic mass is 16.5. The molecule has 104 valence electrons. The van der Waals surface area contributed by atoms with E-state index in [1.807, 2.05) is 0 Å². The highest BCUT2D eigenvalue weighted by Gasteiger charge is 2.28. The van der Waals surface area contributed by atoms with E-state index in [0.717, 1.165) is 45.5 Å². The Bertz CT molecular complexity index is 260. The van der Waals surface area contributed by atoms with Gasteiger partial charge in [0.05, 0.1) is 12.7 Å². The van der Waals surface area contributed by atoms with Gasteiger partial charge in [0.2, 0.25) is 0 Å². The first kappa shape index (κ1) is 15.5. The van der Waals surface area contributed by atoms with Crippen molar-refractivity contribution in [2.24, 2.45) is 0 Å². The van der Waals surface area contributed by atoms with Gasteiger partial charge in [0.1, 0.15) is 0 Å². The lowest BCUT2D eigenvalue weighted by Gasteiger charge is -2.39. The second-order valence-corrected chi connectivity index (χ2v) is 5.26. The van der Waals surface area contributed by atoms with E-state index in [2.05, 4.69) is 36.9 Å². The van der Waals surface area contributed by atoms with Gasteiger partial charge in [-0.3, -0.25) is 4.90 Å². The van der Waals surface area contributed by atoms with Gasteiger partial charge in [-0.05, 0) is 33.2 Å². The zero-order chi connectivity index (χ0) is 13.4. The summed E-state index contributed by atoms with van der Waals surface area (Å²) < 4.78 is 5.95. The lowest BCUT2D eigenvalue weighted by Crippen LogP contribution is -2.53. The third-order valence-electron chi connectivity index (χ3n) is 3.61. The molecule has 0 spiro atoms. The minimum Gasteiger partial charge on any atom is -0.374 e. The van der Waals surface area contributed by atoms with Crippen molar-refractivity contribution < 1.29 is 4.74 Å². The van der Waals surface area contributed by atoms with Crippen molar-refractivity contribution in [2.75, 3.05) is 26.2 Å². The number of hydrogen-bond donors (Lipinski definition) is 1. The molecule has 2 unspecified atom stereocenters. The monoisotopic (exact) mass is 252 g/mol. The van der Waals surface area contributed by atoms with Gasteiger partial charge in [-0.2, -0.15) is 0 Å². The molecule has 1 rings (SSSR count). The van der Waals surface area contributed by atoms with E-state index in [1.54, 1.807) is 0 Å². The summed E-state index contributed by atoms with van der Waals surface area (Å²) in [5.74, 6) is 2.72. The maximum atomic E-state index is 5.95. The predicted molar refractivity (Wildman–Crippen MR) is 76.6 cm³/mol. The molecule has 0 radical (unpaired) electrons. The van der Waals surface area contributed by atoms with Crippen molar-refractivity contribution in [3.8, 4) is 12.3 Å². The molecule has 2 atom stereocenters. The van der Waals surface area contributed by atoms with Crippen LogP contribution in [0.3, 0.4) is 0 Å². The van der Waals surface area contributed by atoms with E-state index in [9.17, 15) is 0 Å². The fourth-order valence-electron chi connectivity index (χ4n) is 2.51. The van der Waals surface area contributed by atoms with Crippen molar-refractivity contribution in [1.29, 1.82) is 0 Å². The first-order chi connectivity index (χ1) is 8.69. The molecule has 1 heterocycles. The fourth-order valence-corrected chi connectivity index (χ4v) is 2.51. The molecule has 0 aromatic heterocycles. The SMILES string of the molecule is C#CCCCC(NCC)C1CN(C(C)C)CCO1. The lowest BCUT2D eigenvalue weighted by molar-refractivity contribution is -0.0564. The third-order valence-corrected chi connectivity index (χ3v) is 3.61. The molecule has 0 aromatic rings. The Balaban J connectivity index is 2.47. The second-order valence-electron chi connectivity index (χ2n) is 5.26. The molecule has 0 aliphatic carbocycles. The van der Waals surface area contributed by atoms with Gasteiger partial charge >= 0.3 is 0 Å². The van der Waals surface area contributed by atoms with Crippen LogP contribution in [0.5, 0.6) is 0 Å². The summed E-state index contributed by atoms with van der Waals surface area (Å²) in [5, 5.41) is 3.55. The predicted octanol–water partition coefficient (Wildman–Crippen LogP) is 1.88. The minimum absolute atomic E-state index is 0.305. The first-order valence-corrected chi connectivity index (χ1v) is 7.21. The van der Waals surface area contributed by atoms with Crippen molar-refractivity contribution in [3.63, 3.8) is 0 Å². The van der Waals surface area contributed by atoms with E-state index in [-0.39, 0.29) is 0 Å². The van der Waals surface area contributed by atoms with Gasteiger partial charge in [0.25, 0.3) is 0 Å². The van der Waals surface area contributed by atoms with Crippen LogP contribution in [0.25, 0.3) is 0 Å². The number of terminal acetylenes is 1. The minimum atomic E-state index is 0.305. The smallest absolute Gasteiger partial charge is 0.0855 e. The van der Waals surface area contributed by atoms with Gasteiger partial charge in [-0.25, -0.2) is 0 Å². The van der Waals surface area contributed by atoms with Crippen molar-refractivity contribution in [1.82, 2.24) is 10.2 Å². The molecule has 18 heavy (non-hydrogen) atoms. The Hall–Kier alpha value is -0.560. The molecule has 1 aliphatic heterocycles. The Morgan fingerprint density at radius 2 is 2.28 bits per heavy atom. The summed E-state index contributed by atoms with van der Waals surface area (Å²) in [4.78, 5) is 2.50. The summed E-state index contributed by atoms with van der Waals surface area (Å²) in [6.07, 6.45) is 8.67. The molecule has 0 amide bonds. The zero-order valence-electron chi connectivity index (χ0n) is 12.1. The van der Waals surface area contributed by atoms with Gasteiger partial charge in [0.15, 0.2) is 0 Å². The fraction of sp³-hybridized carbons (Fsp3) is 0.867. The van der Waals surface area contributed by atoms with Crippen LogP contribution in [0.4, 0.5) is 0 Å². The van der Waals surface area contributed by atoms with Crippen molar-refractivity contribution in [2.45, 2.75) is 58.2 Å². The molecule has 1 aliphatic rings. The van der Waals surface area contributed by atoms with Crippen LogP contribution in [0.15, 0.2) is 0 Å². The van der Waals surface area contributed by atoms with Crippen molar-refractivity contribution >= 4 is 0 Å². The second kappa shape index (κ2) is 8.53. The Kier molecular flexibility index (Phi) is 7.34. The summed E-state index contributed by atoms with van der Waals surface area (Å²) in [7, 11) is 0. The van der Waals surface area contributed by atoms with Crippen LogP contribution in [0.2, 0.25) is 0 Å². The summed E-state index contributed by atoms with van der Waals surface area (Å²) in [5.41, 5.74) is 0. The summed E-state index contributed by atoms with van der Waals surface area (Å²) in [6.45, 7) is 10.6. The van der Waals surface area contributed by atoms with Crippen LogP contribution in [0, 0.1) is 12.3 Å². The summed E-state index contributed by atoms with van der Waals surface area (Å²) in [6, 6.07) is 1.04. The number of ether oxygens (including phenoxy) is 1. The number of nitrogens with zero attached hydrogens (tertiary/aromatic N) is 1. The van der Waals surface area contributed by atoms with Gasteiger partial charge in [0, 0.05) is 31.6 Å². The molecule has 3 heteroatoms. The number of rotatable bonds is 7. The Labute approximate surface area is 112 Å². The van der Waals surface area contributed by atoms with E-state index in [4.69, 9.17) is 11.2 Å². The third kappa shape index (κ3) is 4.97. The quantitative estimate of drug-likeness (QED) is 0.553. The number of unbranched alkanes of at least 4 members (excludes halogenated alkanes) is 1. The van der Waals surface area contributed by atoms with E-state index in [1.165, 1.54) is 0 Å². The van der Waals surface area contributed by atoms with E-state index >= 15 is 0 Å². The molecular weight excluding hydrogens is 224 g/mol. The Morgan fingerprint density at radius 1 is 1.50 bits per heavy atom. The largest absolute Gasteiger partial charge is 0.374 e. The lowest BCUT2D eigenvalue weighted by atomic mass is 10.0. The Morgan fingerprint density at radius 3 is 2.89 bits per heavy atom. The number of nitrogens with one attached hydrogen (secondary N) is 1. The average Bonchev–Trinajstić information content (AvgIpc) is 2.38. The van der Waals surface area contributed by atoms with E-state index < -0.39 is 0 Å². The highest BCUT2D eigenvalue weighted by Crippen LogP contribution is 2.15. The molecule has 0 aromatic carbocycles. The number of likely N-dealkylation sites (N-methyl/N-ethyl adjacent to an activating group) is 1. The number of morpholine rings is 1. The maximum absolute atomic E-state index is 5.95. The normalized spacial score (nSPS) is 22.9. The molecule has 1 fully saturated rings. The first-order valence-electron chi connectivity index (χ1n) is 7.21.